The van der Waals surface area contributed by atoms with Gasteiger partial charge in [-0.25, -0.2) is 4.98 Å². The average molecular weight is 557 g/mol. The highest BCUT2D eigenvalue weighted by Gasteiger charge is 2.42. The van der Waals surface area contributed by atoms with Crippen LogP contribution in [0.2, 0.25) is 0 Å². The van der Waals surface area contributed by atoms with Gasteiger partial charge in [-0.2, -0.15) is 13.2 Å². The van der Waals surface area contributed by atoms with Crippen LogP contribution in [0.5, 0.6) is 0 Å². The first-order chi connectivity index (χ1) is 19.2. The molecule has 0 spiro atoms. The first-order valence-electron chi connectivity index (χ1n) is 14.5. The van der Waals surface area contributed by atoms with Crippen molar-refractivity contribution in [2.45, 2.75) is 70.7 Å². The van der Waals surface area contributed by atoms with Crippen molar-refractivity contribution in [1.29, 1.82) is 0 Å². The lowest BCUT2D eigenvalue weighted by Gasteiger charge is -2.39. The third kappa shape index (κ3) is 6.79. The van der Waals surface area contributed by atoms with Crippen molar-refractivity contribution in [2.24, 2.45) is 11.8 Å². The van der Waals surface area contributed by atoms with Gasteiger partial charge in [0.25, 0.3) is 5.91 Å². The topological polar surface area (TPSA) is 57.7 Å². The van der Waals surface area contributed by atoms with E-state index in [1.165, 1.54) is 11.8 Å². The molecule has 1 aromatic carbocycles. The number of ether oxygens (including phenoxy) is 1. The minimum absolute atomic E-state index is 0.238. The maximum absolute atomic E-state index is 14.0. The molecule has 5 rings (SSSR count). The van der Waals surface area contributed by atoms with Gasteiger partial charge in [0.05, 0.1) is 17.5 Å². The summed E-state index contributed by atoms with van der Waals surface area (Å²) in [7, 11) is 0. The first-order valence-corrected chi connectivity index (χ1v) is 14.5. The monoisotopic (exact) mass is 556 g/mol. The number of likely N-dealkylation sites (tertiary alicyclic amines) is 1. The number of nitrogens with zero attached hydrogens (tertiary/aromatic N) is 3. The van der Waals surface area contributed by atoms with Gasteiger partial charge >= 0.3 is 6.18 Å². The molecule has 3 unspecified atom stereocenters. The maximum Gasteiger partial charge on any atom is 0.416 e. The fraction of sp³-hybridized carbons (Fsp3) is 0.548. The zero-order valence-corrected chi connectivity index (χ0v) is 23.3. The number of anilines is 2. The number of benzene rings is 1. The number of carbonyl (C=O) groups is 1. The van der Waals surface area contributed by atoms with E-state index in [2.05, 4.69) is 58.2 Å². The summed E-state index contributed by atoms with van der Waals surface area (Å²) in [6.45, 7) is 7.52. The summed E-state index contributed by atoms with van der Waals surface area (Å²) in [4.78, 5) is 22.1. The number of piperidine rings is 2. The van der Waals surface area contributed by atoms with Crippen LogP contribution < -0.4 is 10.2 Å². The van der Waals surface area contributed by atoms with Gasteiger partial charge in [-0.1, -0.05) is 44.2 Å². The lowest BCUT2D eigenvalue weighted by atomic mass is 9.89. The fourth-order valence-electron chi connectivity index (χ4n) is 6.50. The molecule has 3 aliphatic rings. The van der Waals surface area contributed by atoms with Crippen molar-refractivity contribution in [2.75, 3.05) is 36.4 Å². The van der Waals surface area contributed by atoms with Gasteiger partial charge in [-0.3, -0.25) is 9.69 Å². The molecule has 216 valence electrons. The van der Waals surface area contributed by atoms with Gasteiger partial charge in [-0.05, 0) is 74.0 Å². The Morgan fingerprint density at radius 3 is 2.33 bits per heavy atom. The van der Waals surface area contributed by atoms with Crippen molar-refractivity contribution in [1.82, 2.24) is 9.88 Å². The second-order valence-corrected chi connectivity index (χ2v) is 11.7. The van der Waals surface area contributed by atoms with Crippen molar-refractivity contribution in [3.8, 4) is 0 Å². The van der Waals surface area contributed by atoms with Gasteiger partial charge in [0.15, 0.2) is 12.0 Å². The molecule has 40 heavy (non-hydrogen) atoms. The lowest BCUT2D eigenvalue weighted by molar-refractivity contribution is -0.126. The molecule has 2 saturated heterocycles. The molecule has 3 aliphatic heterocycles. The molecule has 0 saturated carbocycles. The Kier molecular flexibility index (Phi) is 8.68. The molecule has 6 nitrogen and oxygen atoms in total. The molecule has 0 bridgehead atoms. The smallest absolute Gasteiger partial charge is 0.416 e. The molecule has 1 amide bonds. The van der Waals surface area contributed by atoms with Crippen LogP contribution in [0.4, 0.5) is 24.7 Å². The molecule has 4 heterocycles. The summed E-state index contributed by atoms with van der Waals surface area (Å²) in [5.41, 5.74) is 0.802. The fourth-order valence-corrected chi connectivity index (χ4v) is 6.50. The molecular weight excluding hydrogens is 517 g/mol. The van der Waals surface area contributed by atoms with Crippen LogP contribution >= 0.6 is 0 Å². The molecule has 9 heteroatoms. The quantitative estimate of drug-likeness (QED) is 0.443. The number of hydrogen-bond donors (Lipinski definition) is 1. The number of rotatable bonds is 5. The van der Waals surface area contributed by atoms with Gasteiger partial charge in [0, 0.05) is 26.2 Å². The highest BCUT2D eigenvalue weighted by molar-refractivity contribution is 6.03. The summed E-state index contributed by atoms with van der Waals surface area (Å²) in [6, 6.07) is 14.0. The van der Waals surface area contributed by atoms with Crippen LogP contribution in [-0.2, 0) is 9.53 Å². The minimum Gasteiger partial charge on any atom is -0.469 e. The van der Waals surface area contributed by atoms with E-state index in [4.69, 9.17) is 4.74 Å². The summed E-state index contributed by atoms with van der Waals surface area (Å²) in [5, 5.41) is 2.62. The standard InChI is InChI=1S/C31H39F3N4O2/c1-21-17-22(2)20-38(19-21)28-10-6-9-26(31(32,33)34)29(40-28)30(39)36-25-11-12-27(35-18-25)37-15-13-24(14-16-37)23-7-4-3-5-8-23/h3-5,7-8,11-12,18,21-22,24,28H,6,9-10,13-17,19-20H2,1-2H3,(H,36,39). The molecule has 1 aromatic heterocycles. The Hall–Kier alpha value is -3.07. The number of pyridine rings is 1. The van der Waals surface area contributed by atoms with Crippen LogP contribution in [-0.4, -0.2) is 54.4 Å². The molecular formula is C31H39F3N4O2. The van der Waals surface area contributed by atoms with Crippen LogP contribution in [0.15, 0.2) is 60.0 Å². The van der Waals surface area contributed by atoms with Crippen LogP contribution in [0.1, 0.15) is 63.9 Å². The van der Waals surface area contributed by atoms with Gasteiger partial charge in [0.1, 0.15) is 5.82 Å². The number of alkyl halides is 3. The number of nitrogens with one attached hydrogen (secondary N) is 1. The Morgan fingerprint density at radius 2 is 1.70 bits per heavy atom. The number of hydrogen-bond acceptors (Lipinski definition) is 5. The predicted molar refractivity (Wildman–Crippen MR) is 150 cm³/mol. The lowest BCUT2D eigenvalue weighted by Crippen LogP contribution is -2.46. The maximum atomic E-state index is 14.0. The van der Waals surface area contributed by atoms with Crippen LogP contribution in [0, 0.1) is 11.8 Å². The molecule has 2 aromatic rings. The second kappa shape index (κ2) is 12.2. The summed E-state index contributed by atoms with van der Waals surface area (Å²) in [5.74, 6) is 0.662. The van der Waals surface area contributed by atoms with Gasteiger partial charge < -0.3 is 15.0 Å². The van der Waals surface area contributed by atoms with Crippen molar-refractivity contribution < 1.29 is 22.7 Å². The Balaban J connectivity index is 1.25. The van der Waals surface area contributed by atoms with E-state index < -0.39 is 29.6 Å². The van der Waals surface area contributed by atoms with E-state index in [9.17, 15) is 18.0 Å². The summed E-state index contributed by atoms with van der Waals surface area (Å²) >= 11 is 0. The normalized spacial score (nSPS) is 25.3. The summed E-state index contributed by atoms with van der Waals surface area (Å²) in [6.07, 6.45) is -0.0432. The predicted octanol–water partition coefficient (Wildman–Crippen LogP) is 6.73. The van der Waals surface area contributed by atoms with E-state index in [0.717, 1.165) is 51.3 Å². The number of amides is 1. The second-order valence-electron chi connectivity index (χ2n) is 11.7. The van der Waals surface area contributed by atoms with Crippen molar-refractivity contribution in [3.05, 3.63) is 65.6 Å². The van der Waals surface area contributed by atoms with Crippen molar-refractivity contribution >= 4 is 17.4 Å². The molecule has 2 fully saturated rings. The van der Waals surface area contributed by atoms with E-state index in [1.54, 1.807) is 6.07 Å². The molecule has 1 N–H and O–H groups in total. The first kappa shape index (κ1) is 28.5. The highest BCUT2D eigenvalue weighted by Crippen LogP contribution is 2.38. The highest BCUT2D eigenvalue weighted by atomic mass is 19.4. The third-order valence-corrected chi connectivity index (χ3v) is 8.35. The van der Waals surface area contributed by atoms with Gasteiger partial charge in [-0.15, -0.1) is 0 Å². The molecule has 0 radical (unpaired) electrons. The SMILES string of the molecule is CC1CC(C)CN(C2CCCC(C(F)(F)F)=C(C(=O)Nc3ccc(N4CCC(c5ccccc5)CC4)nc3)O2)C1. The zero-order valence-electron chi connectivity index (χ0n) is 23.3. The van der Waals surface area contributed by atoms with Crippen LogP contribution in [0.3, 0.4) is 0 Å². The molecule has 0 aliphatic carbocycles. The summed E-state index contributed by atoms with van der Waals surface area (Å²) < 4.78 is 48.0. The van der Waals surface area contributed by atoms with E-state index in [-0.39, 0.29) is 6.42 Å². The molecule has 3 atom stereocenters. The van der Waals surface area contributed by atoms with E-state index in [1.807, 2.05) is 12.1 Å². The largest absolute Gasteiger partial charge is 0.469 e. The third-order valence-electron chi connectivity index (χ3n) is 8.35. The minimum atomic E-state index is -4.64. The number of aromatic nitrogens is 1. The Bertz CT molecular complexity index is 1170. The number of halogens is 3. The number of allylic oxidation sites excluding steroid dienone is 1. The Morgan fingerprint density at radius 1 is 1.00 bits per heavy atom. The zero-order chi connectivity index (χ0) is 28.3. The Labute approximate surface area is 234 Å². The number of carbonyl (C=O) groups excluding carboxylic acids is 1. The van der Waals surface area contributed by atoms with Crippen LogP contribution in [0.25, 0.3) is 0 Å². The van der Waals surface area contributed by atoms with E-state index in [0.29, 0.717) is 36.3 Å². The van der Waals surface area contributed by atoms with E-state index >= 15 is 0 Å². The van der Waals surface area contributed by atoms with Crippen molar-refractivity contribution in [3.63, 3.8) is 0 Å². The average Bonchev–Trinajstić information content (AvgIpc) is 3.18. The van der Waals surface area contributed by atoms with Gasteiger partial charge in [0.2, 0.25) is 0 Å².